The summed E-state index contributed by atoms with van der Waals surface area (Å²) in [6, 6.07) is 16.2. The number of imide groups is 1. The summed E-state index contributed by atoms with van der Waals surface area (Å²) in [5.74, 6) is -0.408. The molecule has 0 unspecified atom stereocenters. The Kier molecular flexibility index (Phi) is 7.19. The molecule has 1 aromatic heterocycles. The van der Waals surface area contributed by atoms with Crippen molar-refractivity contribution in [1.29, 1.82) is 0 Å². The van der Waals surface area contributed by atoms with Crippen molar-refractivity contribution in [2.45, 2.75) is 6.92 Å². The predicted octanol–water partition coefficient (Wildman–Crippen LogP) is 3.49. The van der Waals surface area contributed by atoms with Gasteiger partial charge in [0.1, 0.15) is 5.70 Å². The lowest BCUT2D eigenvalue weighted by Gasteiger charge is -2.14. The van der Waals surface area contributed by atoms with Gasteiger partial charge in [0.25, 0.3) is 17.1 Å². The highest BCUT2D eigenvalue weighted by Crippen LogP contribution is 2.32. The Balaban J connectivity index is 1.43. The van der Waals surface area contributed by atoms with E-state index in [-0.39, 0.29) is 18.8 Å². The summed E-state index contributed by atoms with van der Waals surface area (Å²) in [7, 11) is 0. The van der Waals surface area contributed by atoms with Crippen LogP contribution < -0.4 is 5.32 Å². The minimum absolute atomic E-state index is 0.0293. The average Bonchev–Trinajstić information content (AvgIpc) is 3.37. The molecule has 1 fully saturated rings. The molecule has 1 aliphatic rings. The first-order valence-electron chi connectivity index (χ1n) is 10.2. The maximum Gasteiger partial charge on any atom is 0.293 e. The third-order valence-electron chi connectivity index (χ3n) is 4.85. The van der Waals surface area contributed by atoms with Gasteiger partial charge in [0.15, 0.2) is 5.82 Å². The van der Waals surface area contributed by atoms with E-state index in [2.05, 4.69) is 20.8 Å². The van der Waals surface area contributed by atoms with Gasteiger partial charge in [0.2, 0.25) is 0 Å². The van der Waals surface area contributed by atoms with Gasteiger partial charge in [0, 0.05) is 18.1 Å². The first-order chi connectivity index (χ1) is 16.4. The molecule has 3 amide bonds. The monoisotopic (exact) mass is 494 g/mol. The molecule has 0 spiro atoms. The zero-order valence-electron chi connectivity index (χ0n) is 18.0. The van der Waals surface area contributed by atoms with Crippen molar-refractivity contribution in [1.82, 2.24) is 30.4 Å². The minimum Gasteiger partial charge on any atom is -0.349 e. The molecule has 0 aliphatic carbocycles. The summed E-state index contributed by atoms with van der Waals surface area (Å²) < 4.78 is 1.33. The van der Waals surface area contributed by atoms with Gasteiger partial charge < -0.3 is 5.32 Å². The molecular formula is C23H19ClN6O3S. The van der Waals surface area contributed by atoms with Crippen LogP contribution in [0.5, 0.6) is 0 Å². The van der Waals surface area contributed by atoms with Crippen LogP contribution in [0.25, 0.3) is 17.8 Å². The molecule has 2 aromatic carbocycles. The number of hydrogen-bond donors (Lipinski definition) is 1. The van der Waals surface area contributed by atoms with E-state index in [4.69, 9.17) is 11.6 Å². The second-order valence-corrected chi connectivity index (χ2v) is 8.65. The van der Waals surface area contributed by atoms with Crippen LogP contribution in [0.1, 0.15) is 17.0 Å². The van der Waals surface area contributed by atoms with Crippen LogP contribution in [0.3, 0.4) is 0 Å². The van der Waals surface area contributed by atoms with Crippen LogP contribution in [-0.2, 0) is 9.59 Å². The van der Waals surface area contributed by atoms with E-state index < -0.39 is 17.1 Å². The average molecular weight is 495 g/mol. The summed E-state index contributed by atoms with van der Waals surface area (Å²) in [6.45, 7) is 1.78. The Morgan fingerprint density at radius 2 is 1.82 bits per heavy atom. The van der Waals surface area contributed by atoms with Gasteiger partial charge in [-0.2, -0.15) is 4.68 Å². The third kappa shape index (κ3) is 5.41. The Morgan fingerprint density at radius 1 is 1.09 bits per heavy atom. The van der Waals surface area contributed by atoms with Crippen LogP contribution >= 0.6 is 23.4 Å². The molecule has 2 heterocycles. The lowest BCUT2D eigenvalue weighted by atomic mass is 10.2. The van der Waals surface area contributed by atoms with Crippen molar-refractivity contribution in [2.75, 3.05) is 13.1 Å². The molecule has 11 heteroatoms. The highest BCUT2D eigenvalue weighted by molar-refractivity contribution is 8.18. The second-order valence-electron chi connectivity index (χ2n) is 7.22. The Hall–Kier alpha value is -3.76. The Bertz CT molecular complexity index is 1290. The highest BCUT2D eigenvalue weighted by Gasteiger charge is 2.34. The standard InChI is InChI=1S/C23H19ClN6O3S/c1-15-26-27-28-30(15)19(13-16-5-3-2-4-6-16)21(31)25-11-12-29-22(32)20(34-23(29)33)14-17-7-9-18(24)10-8-17/h2-10,13-14H,11-12H2,1H3,(H,25,31). The van der Waals surface area contributed by atoms with Gasteiger partial charge in [-0.15, -0.1) is 5.10 Å². The fraction of sp³-hybridized carbons (Fsp3) is 0.130. The molecule has 34 heavy (non-hydrogen) atoms. The first kappa shape index (κ1) is 23.4. The molecule has 0 atom stereocenters. The smallest absolute Gasteiger partial charge is 0.293 e. The van der Waals surface area contributed by atoms with E-state index >= 15 is 0 Å². The van der Waals surface area contributed by atoms with Crippen molar-refractivity contribution < 1.29 is 14.4 Å². The molecule has 0 saturated carbocycles. The maximum atomic E-state index is 13.0. The topological polar surface area (TPSA) is 110 Å². The van der Waals surface area contributed by atoms with Gasteiger partial charge >= 0.3 is 0 Å². The number of hydrogen-bond acceptors (Lipinski definition) is 7. The number of tetrazole rings is 1. The number of rotatable bonds is 7. The zero-order chi connectivity index (χ0) is 24.1. The number of benzene rings is 2. The van der Waals surface area contributed by atoms with Gasteiger partial charge in [0.05, 0.1) is 4.91 Å². The van der Waals surface area contributed by atoms with Gasteiger partial charge in [-0.1, -0.05) is 54.1 Å². The lowest BCUT2D eigenvalue weighted by Crippen LogP contribution is -2.38. The molecule has 0 bridgehead atoms. The molecule has 1 aliphatic heterocycles. The lowest BCUT2D eigenvalue weighted by molar-refractivity contribution is -0.123. The highest BCUT2D eigenvalue weighted by atomic mass is 35.5. The minimum atomic E-state index is -0.442. The van der Waals surface area contributed by atoms with E-state index in [1.807, 2.05) is 30.3 Å². The molecule has 9 nitrogen and oxygen atoms in total. The number of aryl methyl sites for hydroxylation is 1. The predicted molar refractivity (Wildman–Crippen MR) is 130 cm³/mol. The van der Waals surface area contributed by atoms with E-state index in [9.17, 15) is 14.4 Å². The Morgan fingerprint density at radius 3 is 2.50 bits per heavy atom. The summed E-state index contributed by atoms with van der Waals surface area (Å²) >= 11 is 6.75. The first-order valence-corrected chi connectivity index (χ1v) is 11.4. The third-order valence-corrected chi connectivity index (χ3v) is 6.01. The number of carbonyl (C=O) groups is 3. The number of aromatic nitrogens is 4. The summed E-state index contributed by atoms with van der Waals surface area (Å²) in [5.41, 5.74) is 1.77. The van der Waals surface area contributed by atoms with Gasteiger partial charge in [-0.3, -0.25) is 19.3 Å². The van der Waals surface area contributed by atoms with Crippen molar-refractivity contribution in [3.8, 4) is 0 Å². The van der Waals surface area contributed by atoms with Gasteiger partial charge in [-0.05, 0) is 64.5 Å². The molecule has 172 valence electrons. The largest absolute Gasteiger partial charge is 0.349 e. The normalized spacial score (nSPS) is 15.3. The van der Waals surface area contributed by atoms with E-state index in [0.29, 0.717) is 15.8 Å². The van der Waals surface area contributed by atoms with Crippen molar-refractivity contribution >= 4 is 58.3 Å². The summed E-state index contributed by atoms with van der Waals surface area (Å²) in [4.78, 5) is 39.5. The fourth-order valence-corrected chi connectivity index (χ4v) is 4.15. The molecular weight excluding hydrogens is 476 g/mol. The fourth-order valence-electron chi connectivity index (χ4n) is 3.16. The van der Waals surface area contributed by atoms with Crippen molar-refractivity contribution in [3.63, 3.8) is 0 Å². The van der Waals surface area contributed by atoms with E-state index in [1.165, 1.54) is 4.68 Å². The van der Waals surface area contributed by atoms with Crippen LogP contribution in [0.2, 0.25) is 5.02 Å². The van der Waals surface area contributed by atoms with Gasteiger partial charge in [-0.25, -0.2) is 0 Å². The van der Waals surface area contributed by atoms with E-state index in [1.54, 1.807) is 43.3 Å². The van der Waals surface area contributed by atoms with Crippen molar-refractivity contribution in [2.24, 2.45) is 0 Å². The van der Waals surface area contributed by atoms with Crippen molar-refractivity contribution in [3.05, 3.63) is 81.5 Å². The van der Waals surface area contributed by atoms with Crippen LogP contribution in [0.15, 0.2) is 59.5 Å². The maximum absolute atomic E-state index is 13.0. The number of thioether (sulfide) groups is 1. The Labute approximate surface area is 204 Å². The number of halogens is 1. The number of nitrogens with one attached hydrogen (secondary N) is 1. The quantitative estimate of drug-likeness (QED) is 0.500. The second kappa shape index (κ2) is 10.4. The number of nitrogens with zero attached hydrogens (tertiary/aromatic N) is 5. The molecule has 1 N–H and O–H groups in total. The number of amides is 3. The zero-order valence-corrected chi connectivity index (χ0v) is 19.6. The SMILES string of the molecule is Cc1nnnn1C(=Cc1ccccc1)C(=O)NCCN1C(=O)SC(=Cc2ccc(Cl)cc2)C1=O. The molecule has 1 saturated heterocycles. The molecule has 4 rings (SSSR count). The molecule has 0 radical (unpaired) electrons. The van der Waals surface area contributed by atoms with Crippen LogP contribution in [-0.4, -0.2) is 55.3 Å². The van der Waals surface area contributed by atoms with E-state index in [0.717, 1.165) is 27.8 Å². The molecule has 3 aromatic rings. The number of carbonyl (C=O) groups excluding carboxylic acids is 3. The summed E-state index contributed by atoms with van der Waals surface area (Å²) in [6.07, 6.45) is 3.30. The summed E-state index contributed by atoms with van der Waals surface area (Å²) in [5, 5.41) is 14.3. The van der Waals surface area contributed by atoms with Crippen LogP contribution in [0.4, 0.5) is 4.79 Å². The van der Waals surface area contributed by atoms with Crippen LogP contribution in [0, 0.1) is 6.92 Å².